The predicted molar refractivity (Wildman–Crippen MR) is 102 cm³/mol. The van der Waals surface area contributed by atoms with Crippen molar-refractivity contribution in [3.05, 3.63) is 102 Å². The molecule has 126 valence electrons. The van der Waals surface area contributed by atoms with Crippen LogP contribution in [-0.2, 0) is 4.79 Å². The summed E-state index contributed by atoms with van der Waals surface area (Å²) in [5, 5.41) is 2.84. The summed E-state index contributed by atoms with van der Waals surface area (Å²) in [4.78, 5) is 28.9. The molecule has 0 aliphatic carbocycles. The summed E-state index contributed by atoms with van der Waals surface area (Å²) in [5.74, 6) is -0.201. The van der Waals surface area contributed by atoms with Crippen molar-refractivity contribution in [1.82, 2.24) is 5.32 Å². The van der Waals surface area contributed by atoms with E-state index in [0.29, 0.717) is 17.0 Å². The van der Waals surface area contributed by atoms with Crippen molar-refractivity contribution < 1.29 is 9.59 Å². The number of rotatable bonds is 4. The quantitative estimate of drug-likeness (QED) is 0.868. The fourth-order valence-electron chi connectivity index (χ4n) is 3.05. The van der Waals surface area contributed by atoms with E-state index in [1.807, 2.05) is 54.6 Å². The molecule has 4 heteroatoms. The van der Waals surface area contributed by atoms with E-state index in [0.717, 1.165) is 11.1 Å². The van der Waals surface area contributed by atoms with Crippen molar-refractivity contribution in [2.75, 3.05) is 0 Å². The SMILES string of the molecule is O=C1C=C/C(=C(/C2=NC(C(=O)c3ccccc3)C=C2)c2ccccc2)N1. The molecular weight excluding hydrogens is 324 g/mol. The minimum atomic E-state index is -0.548. The van der Waals surface area contributed by atoms with Gasteiger partial charge in [-0.2, -0.15) is 0 Å². The molecule has 0 radical (unpaired) electrons. The average molecular weight is 340 g/mol. The molecule has 2 aromatic rings. The van der Waals surface area contributed by atoms with Gasteiger partial charge < -0.3 is 5.32 Å². The molecule has 0 spiro atoms. The highest BCUT2D eigenvalue weighted by Crippen LogP contribution is 2.26. The molecule has 0 aromatic heterocycles. The lowest BCUT2D eigenvalue weighted by Crippen LogP contribution is -2.17. The first-order chi connectivity index (χ1) is 12.7. The Balaban J connectivity index is 1.72. The summed E-state index contributed by atoms with van der Waals surface area (Å²) in [6.45, 7) is 0. The Hall–Kier alpha value is -3.53. The minimum absolute atomic E-state index is 0.0414. The van der Waals surface area contributed by atoms with Crippen LogP contribution in [0.15, 0.2) is 95.7 Å². The molecule has 1 N–H and O–H groups in total. The topological polar surface area (TPSA) is 58.5 Å². The van der Waals surface area contributed by atoms with E-state index in [9.17, 15) is 9.59 Å². The molecule has 4 nitrogen and oxygen atoms in total. The molecule has 2 aromatic carbocycles. The smallest absolute Gasteiger partial charge is 0.248 e. The molecular formula is C22H16N2O2. The lowest BCUT2D eigenvalue weighted by Gasteiger charge is -2.11. The van der Waals surface area contributed by atoms with Crippen molar-refractivity contribution in [3.63, 3.8) is 0 Å². The highest BCUT2D eigenvalue weighted by Gasteiger charge is 2.25. The Labute approximate surface area is 151 Å². The second-order valence-electron chi connectivity index (χ2n) is 6.03. The van der Waals surface area contributed by atoms with Crippen LogP contribution in [-0.4, -0.2) is 23.4 Å². The fourth-order valence-corrected chi connectivity index (χ4v) is 3.05. The number of carbonyl (C=O) groups is 2. The Morgan fingerprint density at radius 2 is 1.50 bits per heavy atom. The molecule has 2 aliphatic heterocycles. The Bertz CT molecular complexity index is 983. The van der Waals surface area contributed by atoms with Gasteiger partial charge >= 0.3 is 0 Å². The van der Waals surface area contributed by atoms with E-state index in [1.165, 1.54) is 6.08 Å². The van der Waals surface area contributed by atoms with Crippen molar-refractivity contribution in [3.8, 4) is 0 Å². The molecule has 0 bridgehead atoms. The van der Waals surface area contributed by atoms with E-state index in [-0.39, 0.29) is 11.7 Å². The number of benzene rings is 2. The molecule has 2 aliphatic rings. The maximum absolute atomic E-state index is 12.7. The Morgan fingerprint density at radius 1 is 0.846 bits per heavy atom. The van der Waals surface area contributed by atoms with Gasteiger partial charge in [-0.1, -0.05) is 66.7 Å². The monoisotopic (exact) mass is 340 g/mol. The van der Waals surface area contributed by atoms with E-state index >= 15 is 0 Å². The summed E-state index contributed by atoms with van der Waals surface area (Å²) < 4.78 is 0. The first kappa shape index (κ1) is 16.0. The van der Waals surface area contributed by atoms with Gasteiger partial charge in [0, 0.05) is 17.2 Å². The third-order valence-corrected chi connectivity index (χ3v) is 4.29. The van der Waals surface area contributed by atoms with Crippen LogP contribution in [0.4, 0.5) is 0 Å². The number of carbonyl (C=O) groups excluding carboxylic acids is 2. The van der Waals surface area contributed by atoms with Crippen LogP contribution < -0.4 is 5.32 Å². The van der Waals surface area contributed by atoms with Crippen molar-refractivity contribution in [2.24, 2.45) is 4.99 Å². The zero-order valence-electron chi connectivity index (χ0n) is 13.9. The summed E-state index contributed by atoms with van der Waals surface area (Å²) in [6, 6.07) is 18.3. The summed E-state index contributed by atoms with van der Waals surface area (Å²) in [7, 11) is 0. The van der Waals surface area contributed by atoms with Crippen molar-refractivity contribution in [1.29, 1.82) is 0 Å². The predicted octanol–water partition coefficient (Wildman–Crippen LogP) is 3.35. The maximum Gasteiger partial charge on any atom is 0.248 e. The second-order valence-corrected chi connectivity index (χ2v) is 6.03. The van der Waals surface area contributed by atoms with Crippen LogP contribution >= 0.6 is 0 Å². The van der Waals surface area contributed by atoms with E-state index < -0.39 is 6.04 Å². The standard InChI is InChI=1S/C22H16N2O2/c25-20-14-13-18(24-20)21(15-7-3-1-4-8-15)17-11-12-19(23-17)22(26)16-9-5-2-6-10-16/h1-14,19H,(H,24,25)/b21-18-. The average Bonchev–Trinajstić information content (AvgIpc) is 3.33. The highest BCUT2D eigenvalue weighted by atomic mass is 16.1. The molecule has 1 amide bonds. The molecule has 0 saturated heterocycles. The zero-order chi connectivity index (χ0) is 17.9. The van der Waals surface area contributed by atoms with E-state index in [1.54, 1.807) is 24.3 Å². The van der Waals surface area contributed by atoms with Gasteiger partial charge in [-0.15, -0.1) is 0 Å². The number of Topliss-reactive ketones (excluding diaryl/α,β-unsaturated/α-hetero) is 1. The van der Waals surface area contributed by atoms with Gasteiger partial charge in [-0.25, -0.2) is 0 Å². The fraction of sp³-hybridized carbons (Fsp3) is 0.0455. The molecule has 0 saturated carbocycles. The number of nitrogens with zero attached hydrogens (tertiary/aromatic N) is 1. The van der Waals surface area contributed by atoms with Gasteiger partial charge in [0.05, 0.1) is 11.4 Å². The van der Waals surface area contributed by atoms with Crippen LogP contribution in [0.2, 0.25) is 0 Å². The van der Waals surface area contributed by atoms with Gasteiger partial charge in [-0.05, 0) is 17.7 Å². The van der Waals surface area contributed by atoms with E-state index in [2.05, 4.69) is 10.3 Å². The van der Waals surface area contributed by atoms with Gasteiger partial charge in [0.2, 0.25) is 5.91 Å². The van der Waals surface area contributed by atoms with Crippen LogP contribution in [0.25, 0.3) is 5.57 Å². The number of nitrogens with one attached hydrogen (secondary N) is 1. The molecule has 1 atom stereocenters. The number of hydrogen-bond acceptors (Lipinski definition) is 3. The van der Waals surface area contributed by atoms with Crippen LogP contribution in [0, 0.1) is 0 Å². The number of ketones is 1. The molecule has 0 fully saturated rings. The first-order valence-corrected chi connectivity index (χ1v) is 8.37. The minimum Gasteiger partial charge on any atom is -0.322 e. The normalized spacial score (nSPS) is 20.1. The number of aliphatic imine (C=N–C) groups is 1. The first-order valence-electron chi connectivity index (χ1n) is 8.37. The Morgan fingerprint density at radius 3 is 2.12 bits per heavy atom. The summed E-state index contributed by atoms with van der Waals surface area (Å²) >= 11 is 0. The molecule has 1 unspecified atom stereocenters. The van der Waals surface area contributed by atoms with Gasteiger partial charge in [0.1, 0.15) is 6.04 Å². The highest BCUT2D eigenvalue weighted by molar-refractivity contribution is 6.32. The Kier molecular flexibility index (Phi) is 4.15. The van der Waals surface area contributed by atoms with Gasteiger partial charge in [0.15, 0.2) is 5.78 Å². The number of hydrogen-bond donors (Lipinski definition) is 1. The second kappa shape index (κ2) is 6.76. The summed E-state index contributed by atoms with van der Waals surface area (Å²) in [6.07, 6.45) is 6.88. The largest absolute Gasteiger partial charge is 0.322 e. The molecule has 26 heavy (non-hydrogen) atoms. The van der Waals surface area contributed by atoms with Gasteiger partial charge in [0.25, 0.3) is 0 Å². The maximum atomic E-state index is 12.7. The lowest BCUT2D eigenvalue weighted by molar-refractivity contribution is -0.115. The molecule has 2 heterocycles. The zero-order valence-corrected chi connectivity index (χ0v) is 13.9. The third-order valence-electron chi connectivity index (χ3n) is 4.29. The lowest BCUT2D eigenvalue weighted by atomic mass is 9.99. The van der Waals surface area contributed by atoms with Crippen LogP contribution in [0.5, 0.6) is 0 Å². The van der Waals surface area contributed by atoms with Crippen molar-refractivity contribution >= 4 is 23.0 Å². The summed E-state index contributed by atoms with van der Waals surface area (Å²) in [5.41, 5.74) is 3.76. The van der Waals surface area contributed by atoms with Gasteiger partial charge in [-0.3, -0.25) is 14.6 Å². The third kappa shape index (κ3) is 3.05. The molecule has 4 rings (SSSR count). The van der Waals surface area contributed by atoms with E-state index in [4.69, 9.17) is 0 Å². The number of allylic oxidation sites excluding steroid dienone is 3. The van der Waals surface area contributed by atoms with Crippen molar-refractivity contribution in [2.45, 2.75) is 6.04 Å². The number of amides is 1. The van der Waals surface area contributed by atoms with Crippen LogP contribution in [0.1, 0.15) is 15.9 Å². The van der Waals surface area contributed by atoms with Crippen LogP contribution in [0.3, 0.4) is 0 Å².